The minimum atomic E-state index is -0.393. The lowest BCUT2D eigenvalue weighted by Crippen LogP contribution is -2.16. The van der Waals surface area contributed by atoms with Crippen molar-refractivity contribution in [1.82, 2.24) is 4.57 Å². The Morgan fingerprint density at radius 3 is 2.67 bits per heavy atom. The van der Waals surface area contributed by atoms with Crippen molar-refractivity contribution in [2.45, 2.75) is 0 Å². The van der Waals surface area contributed by atoms with E-state index in [1.165, 1.54) is 16.7 Å². The van der Waals surface area contributed by atoms with Crippen molar-refractivity contribution < 1.29 is 4.39 Å². The van der Waals surface area contributed by atoms with Gasteiger partial charge in [-0.15, -0.1) is 0 Å². The maximum atomic E-state index is 13.6. The van der Waals surface area contributed by atoms with Crippen molar-refractivity contribution in [2.24, 2.45) is 0 Å². The molecule has 0 saturated carbocycles. The molecule has 0 unspecified atom stereocenters. The van der Waals surface area contributed by atoms with Gasteiger partial charge in [0.1, 0.15) is 5.82 Å². The Hall–Kier alpha value is -1.17. The molecule has 1 heterocycles. The molecule has 0 aliphatic carbocycles. The Balaban J connectivity index is 2.65. The van der Waals surface area contributed by atoms with Crippen LogP contribution in [0, 0.1) is 9.39 Å². The summed E-state index contributed by atoms with van der Waals surface area (Å²) >= 11 is 2.02. The van der Waals surface area contributed by atoms with Gasteiger partial charge in [0.15, 0.2) is 0 Å². The van der Waals surface area contributed by atoms with E-state index in [9.17, 15) is 9.18 Å². The average molecular weight is 315 g/mol. The van der Waals surface area contributed by atoms with Gasteiger partial charge in [-0.2, -0.15) is 0 Å². The fourth-order valence-electron chi connectivity index (χ4n) is 1.30. The number of aromatic nitrogens is 1. The second-order valence-electron chi connectivity index (χ2n) is 3.00. The van der Waals surface area contributed by atoms with Crippen LogP contribution in [-0.2, 0) is 0 Å². The molecular weight excluding hydrogens is 308 g/mol. The first-order valence-electron chi connectivity index (χ1n) is 4.31. The van der Waals surface area contributed by atoms with Gasteiger partial charge in [-0.1, -0.05) is 6.07 Å². The zero-order chi connectivity index (χ0) is 10.8. The monoisotopic (exact) mass is 315 g/mol. The number of nitrogens with zero attached hydrogens (tertiary/aromatic N) is 1. The predicted octanol–water partition coefficient (Wildman–Crippen LogP) is 2.58. The number of benzene rings is 1. The van der Waals surface area contributed by atoms with Crippen LogP contribution in [0.5, 0.6) is 0 Å². The van der Waals surface area contributed by atoms with Gasteiger partial charge in [0.05, 0.1) is 5.69 Å². The summed E-state index contributed by atoms with van der Waals surface area (Å²) in [5.74, 6) is -0.393. The molecule has 2 aromatic rings. The predicted molar refractivity (Wildman–Crippen MR) is 64.7 cm³/mol. The number of hydrogen-bond donors (Lipinski definition) is 0. The summed E-state index contributed by atoms with van der Waals surface area (Å²) in [6.45, 7) is 0. The highest BCUT2D eigenvalue weighted by Gasteiger charge is 2.05. The van der Waals surface area contributed by atoms with Crippen molar-refractivity contribution in [1.29, 1.82) is 0 Å². The van der Waals surface area contributed by atoms with E-state index in [1.807, 2.05) is 22.6 Å². The van der Waals surface area contributed by atoms with Crippen LogP contribution in [0.2, 0.25) is 0 Å². The number of pyridine rings is 1. The van der Waals surface area contributed by atoms with Crippen LogP contribution in [0.15, 0.2) is 47.4 Å². The van der Waals surface area contributed by atoms with Crippen LogP contribution in [-0.4, -0.2) is 4.57 Å². The molecule has 76 valence electrons. The van der Waals surface area contributed by atoms with Crippen molar-refractivity contribution in [3.05, 3.63) is 62.3 Å². The quantitative estimate of drug-likeness (QED) is 0.742. The zero-order valence-electron chi connectivity index (χ0n) is 7.65. The summed E-state index contributed by atoms with van der Waals surface area (Å²) in [5, 5.41) is 0. The highest BCUT2D eigenvalue weighted by Crippen LogP contribution is 2.14. The summed E-state index contributed by atoms with van der Waals surface area (Å²) < 4.78 is 15.6. The molecule has 0 aliphatic rings. The van der Waals surface area contributed by atoms with Crippen LogP contribution >= 0.6 is 22.6 Å². The van der Waals surface area contributed by atoms with E-state index < -0.39 is 5.82 Å². The molecule has 0 fully saturated rings. The first-order chi connectivity index (χ1) is 7.18. The molecule has 2 nitrogen and oxygen atoms in total. The second-order valence-corrected chi connectivity index (χ2v) is 4.25. The minimum Gasteiger partial charge on any atom is -0.281 e. The molecule has 0 bridgehead atoms. The lowest BCUT2D eigenvalue weighted by Gasteiger charge is -2.06. The Bertz CT molecular complexity index is 550. The molecule has 0 atom stereocenters. The number of hydrogen-bond acceptors (Lipinski definition) is 1. The third-order valence-corrected chi connectivity index (χ3v) is 2.66. The van der Waals surface area contributed by atoms with Crippen LogP contribution in [0.25, 0.3) is 5.69 Å². The maximum absolute atomic E-state index is 13.6. The van der Waals surface area contributed by atoms with Crippen LogP contribution in [0.4, 0.5) is 4.39 Å². The van der Waals surface area contributed by atoms with Gasteiger partial charge in [0.2, 0.25) is 0 Å². The van der Waals surface area contributed by atoms with Crippen molar-refractivity contribution in [2.75, 3.05) is 0 Å². The van der Waals surface area contributed by atoms with E-state index in [0.717, 1.165) is 3.57 Å². The molecule has 0 spiro atoms. The summed E-state index contributed by atoms with van der Waals surface area (Å²) in [4.78, 5) is 11.5. The lowest BCUT2D eigenvalue weighted by molar-refractivity contribution is 0.615. The maximum Gasteiger partial charge on any atom is 0.255 e. The van der Waals surface area contributed by atoms with Crippen molar-refractivity contribution in [3.8, 4) is 5.69 Å². The van der Waals surface area contributed by atoms with E-state index in [0.29, 0.717) is 0 Å². The molecule has 4 heteroatoms. The molecular formula is C11H7FINO. The standard InChI is InChI=1S/C11H7FINO/c12-9-7-8(13)4-5-10(9)14-6-2-1-3-11(14)15/h1-7H. The fraction of sp³-hybridized carbons (Fsp3) is 0. The average Bonchev–Trinajstić information content (AvgIpc) is 2.20. The van der Waals surface area contributed by atoms with Gasteiger partial charge < -0.3 is 0 Å². The first-order valence-corrected chi connectivity index (χ1v) is 5.39. The topological polar surface area (TPSA) is 22.0 Å². The Labute approximate surface area is 99.5 Å². The SMILES string of the molecule is O=c1ccccn1-c1ccc(I)cc1F. The van der Waals surface area contributed by atoms with Crippen LogP contribution < -0.4 is 5.56 Å². The first kappa shape index (κ1) is 10.4. The van der Waals surface area contributed by atoms with Gasteiger partial charge in [-0.05, 0) is 46.9 Å². The smallest absolute Gasteiger partial charge is 0.255 e. The Morgan fingerprint density at radius 1 is 1.20 bits per heavy atom. The van der Waals surface area contributed by atoms with Gasteiger partial charge in [0.25, 0.3) is 5.56 Å². The third kappa shape index (κ3) is 2.09. The highest BCUT2D eigenvalue weighted by atomic mass is 127. The highest BCUT2D eigenvalue weighted by molar-refractivity contribution is 14.1. The summed E-state index contributed by atoms with van der Waals surface area (Å²) in [6.07, 6.45) is 1.55. The third-order valence-electron chi connectivity index (χ3n) is 1.99. The molecule has 1 aromatic carbocycles. The van der Waals surface area contributed by atoms with Crippen LogP contribution in [0.3, 0.4) is 0 Å². The lowest BCUT2D eigenvalue weighted by atomic mass is 10.3. The second kappa shape index (κ2) is 4.14. The Kier molecular flexibility index (Phi) is 2.86. The van der Waals surface area contributed by atoms with Gasteiger partial charge in [-0.3, -0.25) is 9.36 Å². The zero-order valence-corrected chi connectivity index (χ0v) is 9.81. The summed E-state index contributed by atoms with van der Waals surface area (Å²) in [5.41, 5.74) is 0.0404. The summed E-state index contributed by atoms with van der Waals surface area (Å²) in [7, 11) is 0. The fourth-order valence-corrected chi connectivity index (χ4v) is 1.76. The van der Waals surface area contributed by atoms with Crippen LogP contribution in [0.1, 0.15) is 0 Å². The number of rotatable bonds is 1. The van der Waals surface area contributed by atoms with Gasteiger partial charge in [-0.25, -0.2) is 4.39 Å². The molecule has 0 saturated heterocycles. The molecule has 1 aromatic heterocycles. The minimum absolute atomic E-state index is 0.238. The molecule has 0 radical (unpaired) electrons. The molecule has 2 rings (SSSR count). The Morgan fingerprint density at radius 2 is 2.00 bits per heavy atom. The van der Waals surface area contributed by atoms with Gasteiger partial charge >= 0.3 is 0 Å². The van der Waals surface area contributed by atoms with E-state index in [-0.39, 0.29) is 11.2 Å². The van der Waals surface area contributed by atoms with Gasteiger partial charge in [0, 0.05) is 15.8 Å². The van der Waals surface area contributed by atoms with E-state index >= 15 is 0 Å². The largest absolute Gasteiger partial charge is 0.281 e. The van der Waals surface area contributed by atoms with Crippen molar-refractivity contribution >= 4 is 22.6 Å². The molecule has 15 heavy (non-hydrogen) atoms. The van der Waals surface area contributed by atoms with E-state index in [4.69, 9.17) is 0 Å². The van der Waals surface area contributed by atoms with Crippen molar-refractivity contribution in [3.63, 3.8) is 0 Å². The van der Waals surface area contributed by atoms with E-state index in [2.05, 4.69) is 0 Å². The number of halogens is 2. The molecule has 0 N–H and O–H groups in total. The molecule has 0 amide bonds. The summed E-state index contributed by atoms with van der Waals surface area (Å²) in [6, 6.07) is 9.48. The normalized spacial score (nSPS) is 10.3. The van der Waals surface area contributed by atoms with E-state index in [1.54, 1.807) is 30.5 Å². The molecule has 0 aliphatic heterocycles.